The molecule has 0 radical (unpaired) electrons. The van der Waals surface area contributed by atoms with Crippen LogP contribution in [0.4, 0.5) is 10.8 Å². The smallest absolute Gasteiger partial charge is 0.186 e. The van der Waals surface area contributed by atoms with E-state index < -0.39 is 0 Å². The van der Waals surface area contributed by atoms with E-state index in [0.29, 0.717) is 6.54 Å². The minimum Gasteiger partial charge on any atom is -0.399 e. The Hall–Kier alpha value is -1.37. The lowest BCUT2D eigenvalue weighted by molar-refractivity contribution is -0.101. The first-order chi connectivity index (χ1) is 9.47. The third-order valence-corrected chi connectivity index (χ3v) is 4.44. The maximum Gasteiger partial charge on any atom is 0.186 e. The van der Waals surface area contributed by atoms with Crippen molar-refractivity contribution in [3.8, 4) is 0 Å². The number of hydrogen-bond acceptors (Lipinski definition) is 6. The van der Waals surface area contributed by atoms with Gasteiger partial charge in [-0.3, -0.25) is 0 Å². The van der Waals surface area contributed by atoms with E-state index in [9.17, 15) is 5.11 Å². The van der Waals surface area contributed by atoms with Crippen molar-refractivity contribution in [3.63, 3.8) is 0 Å². The topological polar surface area (TPSA) is 71.6 Å². The first-order valence-electron chi connectivity index (χ1n) is 6.66. The van der Waals surface area contributed by atoms with Crippen molar-refractivity contribution < 1.29 is 9.84 Å². The molecule has 1 saturated heterocycles. The highest BCUT2D eigenvalue weighted by Crippen LogP contribution is 2.33. The van der Waals surface area contributed by atoms with E-state index in [4.69, 9.17) is 10.5 Å². The molecular formula is C14H19N3O2S. The molecule has 3 rings (SSSR count). The summed E-state index contributed by atoms with van der Waals surface area (Å²) >= 11 is 1.63. The van der Waals surface area contributed by atoms with E-state index in [1.54, 1.807) is 11.3 Å². The summed E-state index contributed by atoms with van der Waals surface area (Å²) < 4.78 is 6.92. The summed E-state index contributed by atoms with van der Waals surface area (Å²) in [6.07, 6.45) is -0.171. The zero-order valence-electron chi connectivity index (χ0n) is 11.7. The van der Waals surface area contributed by atoms with Crippen molar-refractivity contribution in [3.05, 3.63) is 18.2 Å². The highest BCUT2D eigenvalue weighted by molar-refractivity contribution is 7.22. The number of benzene rings is 1. The van der Waals surface area contributed by atoms with Crippen molar-refractivity contribution in [2.24, 2.45) is 0 Å². The third-order valence-electron chi connectivity index (χ3n) is 3.36. The van der Waals surface area contributed by atoms with Crippen LogP contribution in [0.5, 0.6) is 0 Å². The highest BCUT2D eigenvalue weighted by atomic mass is 32.1. The molecule has 3 N–H and O–H groups in total. The zero-order chi connectivity index (χ0) is 14.3. The molecule has 2 aromatic rings. The Morgan fingerprint density at radius 2 is 2.35 bits per heavy atom. The third kappa shape index (κ3) is 2.59. The van der Waals surface area contributed by atoms with Gasteiger partial charge < -0.3 is 20.5 Å². The van der Waals surface area contributed by atoms with Gasteiger partial charge in [0.05, 0.1) is 28.5 Å². The Morgan fingerprint density at radius 1 is 1.55 bits per heavy atom. The second kappa shape index (κ2) is 4.87. The van der Waals surface area contributed by atoms with Crippen molar-refractivity contribution in [2.75, 3.05) is 30.3 Å². The normalized spacial score (nSPS) is 22.4. The summed E-state index contributed by atoms with van der Waals surface area (Å²) in [7, 11) is 0. The Kier molecular flexibility index (Phi) is 3.32. The quantitative estimate of drug-likeness (QED) is 0.827. The predicted molar refractivity (Wildman–Crippen MR) is 82.3 cm³/mol. The minimum atomic E-state index is -0.289. The number of thiazole rings is 1. The molecule has 1 fully saturated rings. The fourth-order valence-corrected chi connectivity index (χ4v) is 3.62. The summed E-state index contributed by atoms with van der Waals surface area (Å²) in [5.74, 6) is 0. The molecule has 1 aromatic heterocycles. The van der Waals surface area contributed by atoms with Crippen molar-refractivity contribution >= 4 is 32.4 Å². The van der Waals surface area contributed by atoms with Gasteiger partial charge in [0.1, 0.15) is 0 Å². The molecule has 0 spiro atoms. The van der Waals surface area contributed by atoms with Crippen molar-refractivity contribution in [1.82, 2.24) is 4.98 Å². The standard InChI is InChI=1S/C14H19N3O2S/c1-14(2)8-17(6-10(7-18)19-14)13-16-11-4-3-9(15)5-12(11)20-13/h3-5,10,18H,6-8,15H2,1-2H3. The molecule has 1 aromatic carbocycles. The van der Waals surface area contributed by atoms with Gasteiger partial charge >= 0.3 is 0 Å². The number of rotatable bonds is 2. The monoisotopic (exact) mass is 293 g/mol. The molecule has 1 aliphatic heterocycles. The average molecular weight is 293 g/mol. The van der Waals surface area contributed by atoms with E-state index in [0.717, 1.165) is 27.6 Å². The molecule has 2 heterocycles. The molecule has 1 unspecified atom stereocenters. The van der Waals surface area contributed by atoms with Crippen molar-refractivity contribution in [1.29, 1.82) is 0 Å². The lowest BCUT2D eigenvalue weighted by atomic mass is 10.1. The van der Waals surface area contributed by atoms with Crippen LogP contribution < -0.4 is 10.6 Å². The summed E-state index contributed by atoms with van der Waals surface area (Å²) in [5.41, 5.74) is 7.24. The largest absolute Gasteiger partial charge is 0.399 e. The lowest BCUT2D eigenvalue weighted by Crippen LogP contribution is -2.54. The molecule has 6 heteroatoms. The van der Waals surface area contributed by atoms with Crippen LogP contribution in [0.1, 0.15) is 13.8 Å². The van der Waals surface area contributed by atoms with Crippen LogP contribution >= 0.6 is 11.3 Å². The van der Waals surface area contributed by atoms with Crippen LogP contribution in [-0.2, 0) is 4.74 Å². The van der Waals surface area contributed by atoms with Crippen LogP contribution in [0, 0.1) is 0 Å². The van der Waals surface area contributed by atoms with Crippen LogP contribution in [0.2, 0.25) is 0 Å². The van der Waals surface area contributed by atoms with Gasteiger partial charge in [0.15, 0.2) is 5.13 Å². The predicted octanol–water partition coefficient (Wildman–Crippen LogP) is 1.85. The fraction of sp³-hybridized carbons (Fsp3) is 0.500. The maximum absolute atomic E-state index is 9.38. The van der Waals surface area contributed by atoms with Crippen LogP contribution in [0.3, 0.4) is 0 Å². The van der Waals surface area contributed by atoms with Crippen molar-refractivity contribution in [2.45, 2.75) is 25.6 Å². The van der Waals surface area contributed by atoms with E-state index in [1.165, 1.54) is 0 Å². The van der Waals surface area contributed by atoms with E-state index in [-0.39, 0.29) is 18.3 Å². The van der Waals surface area contributed by atoms with Gasteiger partial charge in [-0.1, -0.05) is 11.3 Å². The molecular weight excluding hydrogens is 274 g/mol. The summed E-state index contributed by atoms with van der Waals surface area (Å²) in [5, 5.41) is 10.3. The van der Waals surface area contributed by atoms with Gasteiger partial charge in [0, 0.05) is 18.8 Å². The van der Waals surface area contributed by atoms with Gasteiger partial charge in [0.25, 0.3) is 0 Å². The molecule has 0 bridgehead atoms. The number of hydrogen-bond donors (Lipinski definition) is 2. The van der Waals surface area contributed by atoms with Gasteiger partial charge in [-0.05, 0) is 32.0 Å². The number of ether oxygens (including phenoxy) is 1. The number of aromatic nitrogens is 1. The van der Waals surface area contributed by atoms with Gasteiger partial charge in [-0.15, -0.1) is 0 Å². The minimum absolute atomic E-state index is 0.0256. The Balaban J connectivity index is 1.93. The zero-order valence-corrected chi connectivity index (χ0v) is 12.5. The summed E-state index contributed by atoms with van der Waals surface area (Å²) in [6.45, 7) is 5.52. The Bertz CT molecular complexity index is 626. The number of aliphatic hydroxyl groups excluding tert-OH is 1. The molecule has 20 heavy (non-hydrogen) atoms. The first-order valence-corrected chi connectivity index (χ1v) is 7.48. The number of morpholine rings is 1. The van der Waals surface area contributed by atoms with E-state index in [1.807, 2.05) is 32.0 Å². The average Bonchev–Trinajstić information content (AvgIpc) is 2.79. The summed E-state index contributed by atoms with van der Waals surface area (Å²) in [6, 6.07) is 5.76. The Labute approximate surface area is 122 Å². The molecule has 0 saturated carbocycles. The molecule has 1 atom stereocenters. The van der Waals surface area contributed by atoms with Gasteiger partial charge in [0.2, 0.25) is 0 Å². The lowest BCUT2D eigenvalue weighted by Gasteiger charge is -2.42. The number of nitrogens with zero attached hydrogens (tertiary/aromatic N) is 2. The van der Waals surface area contributed by atoms with Crippen LogP contribution in [-0.4, -0.2) is 41.5 Å². The highest BCUT2D eigenvalue weighted by Gasteiger charge is 2.34. The second-order valence-corrected chi connectivity index (χ2v) is 6.80. The fourth-order valence-electron chi connectivity index (χ4n) is 2.60. The number of nitrogen functional groups attached to an aromatic ring is 1. The number of fused-ring (bicyclic) bond motifs is 1. The molecule has 5 nitrogen and oxygen atoms in total. The maximum atomic E-state index is 9.38. The number of anilines is 2. The van der Waals surface area contributed by atoms with Crippen LogP contribution in [0.25, 0.3) is 10.2 Å². The molecule has 108 valence electrons. The molecule has 0 aliphatic carbocycles. The Morgan fingerprint density at radius 3 is 3.10 bits per heavy atom. The number of aliphatic hydroxyl groups is 1. The molecule has 1 aliphatic rings. The first kappa shape index (κ1) is 13.6. The van der Waals surface area contributed by atoms with Crippen LogP contribution in [0.15, 0.2) is 18.2 Å². The molecule has 0 amide bonds. The van der Waals surface area contributed by atoms with E-state index >= 15 is 0 Å². The number of nitrogens with two attached hydrogens (primary N) is 1. The SMILES string of the molecule is CC1(C)CN(c2nc3ccc(N)cc3s2)CC(CO)O1. The van der Waals surface area contributed by atoms with Gasteiger partial charge in [-0.25, -0.2) is 4.98 Å². The second-order valence-electron chi connectivity index (χ2n) is 5.79. The summed E-state index contributed by atoms with van der Waals surface area (Å²) in [4.78, 5) is 6.85. The van der Waals surface area contributed by atoms with E-state index in [2.05, 4.69) is 9.88 Å². The van der Waals surface area contributed by atoms with Gasteiger partial charge in [-0.2, -0.15) is 0 Å².